The summed E-state index contributed by atoms with van der Waals surface area (Å²) in [5.74, 6) is -1.37. The average molecular weight is 171 g/mol. The highest BCUT2D eigenvalue weighted by Crippen LogP contribution is 2.23. The highest BCUT2D eigenvalue weighted by molar-refractivity contribution is 5.72. The molecule has 0 unspecified atom stereocenters. The largest absolute Gasteiger partial charge is 0.491 e. The quantitative estimate of drug-likeness (QED) is 0.441. The van der Waals surface area contributed by atoms with Gasteiger partial charge in [0.15, 0.2) is 0 Å². The number of hydrogen-bond acceptors (Lipinski definition) is 5. The number of hydrogen-bond donors (Lipinski definition) is 4. The van der Waals surface area contributed by atoms with Crippen molar-refractivity contribution in [3.63, 3.8) is 0 Å². The number of nitrogens with one attached hydrogen (secondary N) is 1. The van der Waals surface area contributed by atoms with E-state index >= 15 is 0 Å². The lowest BCUT2D eigenvalue weighted by Crippen LogP contribution is -2.01. The van der Waals surface area contributed by atoms with Crippen molar-refractivity contribution in [1.29, 1.82) is 0 Å². The van der Waals surface area contributed by atoms with Crippen molar-refractivity contribution >= 4 is 12.0 Å². The molecule has 1 aromatic rings. The van der Waals surface area contributed by atoms with Crippen LogP contribution in [-0.4, -0.2) is 26.2 Å². The van der Waals surface area contributed by atoms with E-state index in [1.54, 1.807) is 0 Å². The zero-order valence-electron chi connectivity index (χ0n) is 5.72. The third-order valence-corrected chi connectivity index (χ3v) is 0.897. The number of nitrogens with two attached hydrogens (primary N) is 1. The minimum Gasteiger partial charge on any atom is -0.491 e. The van der Waals surface area contributed by atoms with E-state index in [1.165, 1.54) is 0 Å². The molecule has 8 heteroatoms. The molecule has 5 N–H and O–H groups in total. The van der Waals surface area contributed by atoms with Crippen LogP contribution in [0.4, 0.5) is 10.7 Å². The topological polar surface area (TPSA) is 137 Å². The molecule has 0 fully saturated rings. The summed E-state index contributed by atoms with van der Waals surface area (Å²) < 4.78 is 0. The van der Waals surface area contributed by atoms with Gasteiger partial charge in [-0.1, -0.05) is 5.11 Å². The van der Waals surface area contributed by atoms with E-state index in [4.69, 9.17) is 10.2 Å². The van der Waals surface area contributed by atoms with Gasteiger partial charge >= 0.3 is 6.03 Å². The number of rotatable bonds is 1. The smallest absolute Gasteiger partial charge is 0.357 e. The fourth-order valence-electron chi connectivity index (χ4n) is 0.487. The number of carbonyl (C=O) groups excluding carboxylic acids is 1. The fourth-order valence-corrected chi connectivity index (χ4v) is 0.487. The third kappa shape index (κ3) is 1.68. The maximum absolute atomic E-state index is 10.1. The Labute approximate surface area is 65.8 Å². The molecule has 0 radical (unpaired) electrons. The monoisotopic (exact) mass is 171 g/mol. The Bertz CT molecular complexity index is 310. The number of carbonyl (C=O) groups is 1. The molecule has 12 heavy (non-hydrogen) atoms. The molecule has 0 spiro atoms. The lowest BCUT2D eigenvalue weighted by atomic mass is 10.8. The van der Waals surface area contributed by atoms with Gasteiger partial charge in [0.05, 0.1) is 0 Å². The van der Waals surface area contributed by atoms with Gasteiger partial charge in [-0.15, -0.1) is 5.11 Å². The van der Waals surface area contributed by atoms with Crippen LogP contribution in [0.1, 0.15) is 0 Å². The normalized spacial score (nSPS) is 10.7. The van der Waals surface area contributed by atoms with Gasteiger partial charge in [-0.05, 0) is 0 Å². The average Bonchev–Trinajstić information content (AvgIpc) is 2.28. The molecule has 0 atom stereocenters. The fraction of sp³-hybridized carbons (Fsp3) is 0. The standard InChI is InChI=1S/C4H5N5O3/c5-3(12)8-9-4-6-1(10)2(11)7-4/h10-11H,(H2,5,12)(H,6,7). The highest BCUT2D eigenvalue weighted by Gasteiger charge is 2.05. The summed E-state index contributed by atoms with van der Waals surface area (Å²) in [5.41, 5.74) is 4.62. The van der Waals surface area contributed by atoms with Gasteiger partial charge in [0.1, 0.15) is 0 Å². The Morgan fingerprint density at radius 2 is 2.25 bits per heavy atom. The minimum atomic E-state index is -0.995. The number of H-pyrrole nitrogens is 1. The molecular formula is C4H5N5O3. The van der Waals surface area contributed by atoms with Gasteiger partial charge in [-0.25, -0.2) is 4.79 Å². The van der Waals surface area contributed by atoms with Crippen LogP contribution in [0.25, 0.3) is 0 Å². The van der Waals surface area contributed by atoms with E-state index in [0.717, 1.165) is 0 Å². The summed E-state index contributed by atoms with van der Waals surface area (Å²) >= 11 is 0. The molecule has 1 aromatic heterocycles. The van der Waals surface area contributed by atoms with Gasteiger partial charge in [0.25, 0.3) is 17.7 Å². The van der Waals surface area contributed by atoms with Crippen molar-refractivity contribution in [3.8, 4) is 11.8 Å². The first kappa shape index (κ1) is 7.98. The number of aromatic nitrogens is 2. The van der Waals surface area contributed by atoms with Crippen LogP contribution in [0.3, 0.4) is 0 Å². The van der Waals surface area contributed by atoms with Crippen LogP contribution < -0.4 is 5.73 Å². The Kier molecular flexibility index (Phi) is 1.90. The Balaban J connectivity index is 2.83. The van der Waals surface area contributed by atoms with Crippen molar-refractivity contribution in [2.24, 2.45) is 16.0 Å². The Morgan fingerprint density at radius 3 is 2.67 bits per heavy atom. The maximum atomic E-state index is 10.1. The first-order chi connectivity index (χ1) is 5.59. The second kappa shape index (κ2) is 2.86. The summed E-state index contributed by atoms with van der Waals surface area (Å²) in [5, 5.41) is 23.5. The van der Waals surface area contributed by atoms with Crippen molar-refractivity contribution in [2.75, 3.05) is 0 Å². The number of primary amides is 1. The van der Waals surface area contributed by atoms with E-state index in [-0.39, 0.29) is 5.95 Å². The third-order valence-electron chi connectivity index (χ3n) is 0.897. The van der Waals surface area contributed by atoms with Crippen LogP contribution in [0, 0.1) is 0 Å². The zero-order chi connectivity index (χ0) is 9.14. The summed E-state index contributed by atoms with van der Waals surface area (Å²) in [6.45, 7) is 0. The zero-order valence-corrected chi connectivity index (χ0v) is 5.72. The van der Waals surface area contributed by atoms with E-state index < -0.39 is 17.8 Å². The number of azo groups is 1. The molecule has 0 aliphatic rings. The van der Waals surface area contributed by atoms with Crippen molar-refractivity contribution in [2.45, 2.75) is 0 Å². The lowest BCUT2D eigenvalue weighted by molar-refractivity contribution is 0.255. The van der Waals surface area contributed by atoms with Gasteiger partial charge in [0.2, 0.25) is 0 Å². The summed E-state index contributed by atoms with van der Waals surface area (Å²) in [4.78, 5) is 15.4. The number of aromatic amines is 1. The Hall–Kier alpha value is -2.12. The van der Waals surface area contributed by atoms with Crippen LogP contribution >= 0.6 is 0 Å². The first-order valence-corrected chi connectivity index (χ1v) is 2.78. The molecular weight excluding hydrogens is 166 g/mol. The van der Waals surface area contributed by atoms with Gasteiger partial charge in [0, 0.05) is 0 Å². The number of urea groups is 1. The maximum Gasteiger partial charge on any atom is 0.357 e. The van der Waals surface area contributed by atoms with Crippen LogP contribution in [0.2, 0.25) is 0 Å². The SMILES string of the molecule is NC(=O)N=Nc1nc(O)c(O)[nH]1. The molecule has 1 heterocycles. The number of aromatic hydroxyl groups is 2. The molecule has 64 valence electrons. The minimum absolute atomic E-state index is 0.205. The summed E-state index contributed by atoms with van der Waals surface area (Å²) in [6, 6.07) is -0.995. The highest BCUT2D eigenvalue weighted by atomic mass is 16.3. The predicted molar refractivity (Wildman–Crippen MR) is 36.0 cm³/mol. The molecule has 0 aliphatic heterocycles. The van der Waals surface area contributed by atoms with Gasteiger partial charge < -0.3 is 15.9 Å². The summed E-state index contributed by atoms with van der Waals surface area (Å²) in [6.07, 6.45) is 0. The summed E-state index contributed by atoms with van der Waals surface area (Å²) in [7, 11) is 0. The van der Waals surface area contributed by atoms with Crippen molar-refractivity contribution < 1.29 is 15.0 Å². The lowest BCUT2D eigenvalue weighted by Gasteiger charge is -1.79. The van der Waals surface area contributed by atoms with Crippen LogP contribution in [0.5, 0.6) is 11.8 Å². The molecule has 0 saturated carbocycles. The van der Waals surface area contributed by atoms with Crippen LogP contribution in [-0.2, 0) is 0 Å². The number of imidazole rings is 1. The molecule has 0 saturated heterocycles. The molecule has 0 aromatic carbocycles. The van der Waals surface area contributed by atoms with Gasteiger partial charge in [-0.3, -0.25) is 4.98 Å². The Morgan fingerprint density at radius 1 is 1.58 bits per heavy atom. The predicted octanol–water partition coefficient (Wildman–Crippen LogP) is -0.0167. The second-order valence-corrected chi connectivity index (χ2v) is 1.77. The molecule has 1 rings (SSSR count). The first-order valence-electron chi connectivity index (χ1n) is 2.78. The molecule has 0 aliphatic carbocycles. The molecule has 2 amide bonds. The molecule has 8 nitrogen and oxygen atoms in total. The van der Waals surface area contributed by atoms with E-state index in [0.29, 0.717) is 0 Å². The van der Waals surface area contributed by atoms with Crippen molar-refractivity contribution in [3.05, 3.63) is 0 Å². The second-order valence-electron chi connectivity index (χ2n) is 1.77. The number of amides is 2. The number of nitrogens with zero attached hydrogens (tertiary/aromatic N) is 3. The van der Waals surface area contributed by atoms with E-state index in [9.17, 15) is 4.79 Å². The van der Waals surface area contributed by atoms with Crippen LogP contribution in [0.15, 0.2) is 10.2 Å². The van der Waals surface area contributed by atoms with E-state index in [2.05, 4.69) is 25.9 Å². The molecule has 0 bridgehead atoms. The van der Waals surface area contributed by atoms with Gasteiger partial charge in [-0.2, -0.15) is 4.98 Å². The van der Waals surface area contributed by atoms with Crippen molar-refractivity contribution in [1.82, 2.24) is 9.97 Å². The van der Waals surface area contributed by atoms with E-state index in [1.807, 2.05) is 0 Å².